The van der Waals surface area contributed by atoms with Gasteiger partial charge in [-0.1, -0.05) is 13.3 Å². The molecule has 20 heavy (non-hydrogen) atoms. The Labute approximate surface area is 127 Å². The molecular weight excluding hydrogens is 324 g/mol. The minimum Gasteiger partial charge on any atom is -0.503 e. The molecule has 6 heteroatoms. The number of aromatic hydroxyl groups is 1. The highest BCUT2D eigenvalue weighted by Crippen LogP contribution is 2.34. The minimum atomic E-state index is -0.106. The summed E-state index contributed by atoms with van der Waals surface area (Å²) in [5, 5.41) is 13.7. The first-order valence-corrected chi connectivity index (χ1v) is 7.35. The van der Waals surface area contributed by atoms with Gasteiger partial charge in [-0.2, -0.15) is 5.10 Å². The molecule has 110 valence electrons. The van der Waals surface area contributed by atoms with Crippen molar-refractivity contribution in [3.63, 3.8) is 0 Å². The Kier molecular flexibility index (Phi) is 7.08. The third-order valence-electron chi connectivity index (χ3n) is 2.51. The van der Waals surface area contributed by atoms with Crippen molar-refractivity contribution in [2.45, 2.75) is 33.1 Å². The van der Waals surface area contributed by atoms with Crippen LogP contribution in [-0.4, -0.2) is 23.8 Å². The quantitative estimate of drug-likeness (QED) is 0.590. The molecule has 0 saturated carbocycles. The van der Waals surface area contributed by atoms with Gasteiger partial charge in [-0.15, -0.1) is 0 Å². The summed E-state index contributed by atoms with van der Waals surface area (Å²) in [6.45, 7) is 4.32. The average Bonchev–Trinajstić information content (AvgIpc) is 2.42. The fraction of sp³-hybridized carbons (Fsp3) is 0.429. The number of halogens is 1. The molecule has 1 aromatic rings. The molecule has 5 nitrogen and oxygen atoms in total. The number of hydrogen-bond donors (Lipinski definition) is 2. The lowest BCUT2D eigenvalue weighted by atomic mass is 10.2. The van der Waals surface area contributed by atoms with Crippen molar-refractivity contribution in [1.82, 2.24) is 5.43 Å². The van der Waals surface area contributed by atoms with Crippen molar-refractivity contribution in [1.29, 1.82) is 0 Å². The number of carbonyl (C=O) groups is 1. The van der Waals surface area contributed by atoms with E-state index in [1.165, 1.54) is 6.21 Å². The molecule has 0 spiro atoms. The summed E-state index contributed by atoms with van der Waals surface area (Å²) in [5.74, 6) is 0.322. The Morgan fingerprint density at radius 1 is 1.50 bits per heavy atom. The monoisotopic (exact) mass is 342 g/mol. The number of unbranched alkanes of at least 4 members (excludes halogenated alkanes) is 1. The Morgan fingerprint density at radius 2 is 2.25 bits per heavy atom. The number of amides is 1. The molecule has 2 N–H and O–H groups in total. The second-order valence-electron chi connectivity index (χ2n) is 4.18. The maximum atomic E-state index is 11.4. The van der Waals surface area contributed by atoms with Crippen LogP contribution in [0, 0.1) is 0 Å². The molecule has 0 aromatic heterocycles. The molecule has 1 amide bonds. The molecule has 0 aliphatic heterocycles. The van der Waals surface area contributed by atoms with Crippen LogP contribution >= 0.6 is 15.9 Å². The van der Waals surface area contributed by atoms with Crippen molar-refractivity contribution >= 4 is 28.1 Å². The van der Waals surface area contributed by atoms with Gasteiger partial charge < -0.3 is 9.84 Å². The molecule has 0 aliphatic rings. The zero-order valence-corrected chi connectivity index (χ0v) is 13.2. The van der Waals surface area contributed by atoms with Gasteiger partial charge in [0.1, 0.15) is 0 Å². The summed E-state index contributed by atoms with van der Waals surface area (Å²) < 4.78 is 5.83. The van der Waals surface area contributed by atoms with Crippen LogP contribution in [0.25, 0.3) is 0 Å². The summed E-state index contributed by atoms with van der Waals surface area (Å²) in [7, 11) is 0. The zero-order chi connectivity index (χ0) is 15.0. The van der Waals surface area contributed by atoms with Gasteiger partial charge in [-0.3, -0.25) is 4.79 Å². The van der Waals surface area contributed by atoms with E-state index in [4.69, 9.17) is 4.74 Å². The number of nitrogens with zero attached hydrogens (tertiary/aromatic N) is 1. The number of carbonyl (C=O) groups excluding carboxylic acids is 1. The van der Waals surface area contributed by atoms with Crippen molar-refractivity contribution in [3.05, 3.63) is 22.2 Å². The Morgan fingerprint density at radius 3 is 2.90 bits per heavy atom. The summed E-state index contributed by atoms with van der Waals surface area (Å²) in [6.07, 6.45) is 3.80. The first-order chi connectivity index (χ1) is 9.58. The number of benzene rings is 1. The van der Waals surface area contributed by atoms with E-state index < -0.39 is 0 Å². The largest absolute Gasteiger partial charge is 0.503 e. The van der Waals surface area contributed by atoms with Crippen LogP contribution in [0.5, 0.6) is 11.5 Å². The van der Waals surface area contributed by atoms with Crippen molar-refractivity contribution in [2.75, 3.05) is 6.61 Å². The molecule has 0 unspecified atom stereocenters. The summed E-state index contributed by atoms with van der Waals surface area (Å²) in [6, 6.07) is 3.35. The summed E-state index contributed by atoms with van der Waals surface area (Å²) in [5.41, 5.74) is 3.18. The van der Waals surface area contributed by atoms with E-state index in [1.54, 1.807) is 12.1 Å². The van der Waals surface area contributed by atoms with E-state index in [2.05, 4.69) is 26.5 Å². The lowest BCUT2D eigenvalue weighted by Gasteiger charge is -2.08. The Balaban J connectivity index is 2.70. The maximum absolute atomic E-state index is 11.4. The topological polar surface area (TPSA) is 70.9 Å². The third kappa shape index (κ3) is 5.21. The van der Waals surface area contributed by atoms with Crippen LogP contribution in [0.2, 0.25) is 0 Å². The molecule has 0 bridgehead atoms. The maximum Gasteiger partial charge on any atom is 0.240 e. The second-order valence-corrected chi connectivity index (χ2v) is 5.03. The third-order valence-corrected chi connectivity index (χ3v) is 3.12. The molecule has 0 fully saturated rings. The van der Waals surface area contributed by atoms with Crippen LogP contribution < -0.4 is 10.2 Å². The number of phenols is 1. The summed E-state index contributed by atoms with van der Waals surface area (Å²) >= 11 is 3.24. The first kappa shape index (κ1) is 16.5. The van der Waals surface area contributed by atoms with Gasteiger partial charge >= 0.3 is 0 Å². The van der Waals surface area contributed by atoms with Crippen LogP contribution in [0.1, 0.15) is 38.7 Å². The first-order valence-electron chi connectivity index (χ1n) is 6.55. The smallest absolute Gasteiger partial charge is 0.240 e. The predicted octanol–water partition coefficient (Wildman–Crippen LogP) is 3.19. The van der Waals surface area contributed by atoms with Gasteiger partial charge in [-0.05, 0) is 47.0 Å². The molecule has 0 saturated heterocycles. The van der Waals surface area contributed by atoms with Crippen molar-refractivity contribution in [2.24, 2.45) is 5.10 Å². The normalized spacial score (nSPS) is 10.8. The predicted molar refractivity (Wildman–Crippen MR) is 82.2 cm³/mol. The minimum absolute atomic E-state index is 0.0518. The average molecular weight is 343 g/mol. The van der Waals surface area contributed by atoms with Crippen LogP contribution in [0.4, 0.5) is 0 Å². The van der Waals surface area contributed by atoms with Crippen molar-refractivity contribution in [3.8, 4) is 11.5 Å². The van der Waals surface area contributed by atoms with Crippen LogP contribution in [-0.2, 0) is 4.79 Å². The second kappa shape index (κ2) is 8.58. The summed E-state index contributed by atoms with van der Waals surface area (Å²) in [4.78, 5) is 11.4. The van der Waals surface area contributed by atoms with Gasteiger partial charge in [-0.25, -0.2) is 5.43 Å². The van der Waals surface area contributed by atoms with E-state index >= 15 is 0 Å². The highest BCUT2D eigenvalue weighted by Gasteiger charge is 2.08. The number of hydrazone groups is 1. The molecule has 0 radical (unpaired) electrons. The fourth-order valence-electron chi connectivity index (χ4n) is 1.51. The molecule has 1 aromatic carbocycles. The molecule has 0 atom stereocenters. The van der Waals surface area contributed by atoms with Gasteiger partial charge in [0, 0.05) is 6.42 Å². The standard InChI is InChI=1S/C14H19BrN2O3/c1-3-5-6-13(18)17-16-9-10-7-11(15)14(19)12(8-10)20-4-2/h7-9,19H,3-6H2,1-2H3,(H,17,18). The number of ether oxygens (including phenoxy) is 1. The van der Waals surface area contributed by atoms with E-state index in [0.29, 0.717) is 28.8 Å². The van der Waals surface area contributed by atoms with E-state index in [1.807, 2.05) is 13.8 Å². The Hall–Kier alpha value is -1.56. The SMILES string of the molecule is CCCCC(=O)NN=Cc1cc(Br)c(O)c(OCC)c1. The van der Waals surface area contributed by atoms with Crippen LogP contribution in [0.3, 0.4) is 0 Å². The number of phenolic OH excluding ortho intramolecular Hbond substituents is 1. The number of hydrogen-bond acceptors (Lipinski definition) is 4. The molecule has 1 rings (SSSR count). The van der Waals surface area contributed by atoms with E-state index in [9.17, 15) is 9.90 Å². The molecule has 0 aliphatic carbocycles. The van der Waals surface area contributed by atoms with Gasteiger partial charge in [0.2, 0.25) is 5.91 Å². The highest BCUT2D eigenvalue weighted by atomic mass is 79.9. The fourth-order valence-corrected chi connectivity index (χ4v) is 1.97. The van der Waals surface area contributed by atoms with Gasteiger partial charge in [0.25, 0.3) is 0 Å². The lowest BCUT2D eigenvalue weighted by molar-refractivity contribution is -0.121. The van der Waals surface area contributed by atoms with E-state index in [-0.39, 0.29) is 11.7 Å². The number of nitrogens with one attached hydrogen (secondary N) is 1. The van der Waals surface area contributed by atoms with Gasteiger partial charge in [0.05, 0.1) is 17.3 Å². The van der Waals surface area contributed by atoms with E-state index in [0.717, 1.165) is 12.8 Å². The lowest BCUT2D eigenvalue weighted by Crippen LogP contribution is -2.16. The molecule has 0 heterocycles. The van der Waals surface area contributed by atoms with Gasteiger partial charge in [0.15, 0.2) is 11.5 Å². The molecular formula is C14H19BrN2O3. The zero-order valence-electron chi connectivity index (χ0n) is 11.6. The van der Waals surface area contributed by atoms with Crippen molar-refractivity contribution < 1.29 is 14.6 Å². The van der Waals surface area contributed by atoms with Crippen LogP contribution in [0.15, 0.2) is 21.7 Å². The Bertz CT molecular complexity index is 490. The highest BCUT2D eigenvalue weighted by molar-refractivity contribution is 9.10. The number of rotatable bonds is 7.